The number of hydrogen-bond acceptors (Lipinski definition) is 5. The second-order valence-electron chi connectivity index (χ2n) is 12.7. The van der Waals surface area contributed by atoms with Gasteiger partial charge in [-0.2, -0.15) is 0 Å². The van der Waals surface area contributed by atoms with Crippen molar-refractivity contribution < 1.29 is 17.9 Å². The van der Waals surface area contributed by atoms with Crippen molar-refractivity contribution in [1.82, 2.24) is 14.9 Å². The second-order valence-corrected chi connectivity index (χ2v) is 14.4. The number of benzene rings is 4. The number of piperidine rings is 1. The summed E-state index contributed by atoms with van der Waals surface area (Å²) >= 11 is 0. The van der Waals surface area contributed by atoms with Crippen LogP contribution in [-0.2, 0) is 21.4 Å². The van der Waals surface area contributed by atoms with Gasteiger partial charge in [-0.25, -0.2) is 13.1 Å². The van der Waals surface area contributed by atoms with Crippen molar-refractivity contribution in [1.29, 1.82) is 0 Å². The Morgan fingerprint density at radius 3 is 2.47 bits per heavy atom. The van der Waals surface area contributed by atoms with Gasteiger partial charge in [0.2, 0.25) is 15.9 Å². The number of rotatable bonds is 10. The molecular formula is C37H43N3O4S. The Balaban J connectivity index is 1.21. The third-order valence-corrected chi connectivity index (χ3v) is 10.5. The lowest BCUT2D eigenvalue weighted by atomic mass is 9.95. The van der Waals surface area contributed by atoms with Crippen LogP contribution in [0.3, 0.4) is 0 Å². The normalized spacial score (nSPS) is 17.9. The van der Waals surface area contributed by atoms with Gasteiger partial charge in [0.25, 0.3) is 0 Å². The molecule has 0 aliphatic carbocycles. The van der Waals surface area contributed by atoms with Gasteiger partial charge in [-0.15, -0.1) is 0 Å². The molecule has 0 aromatic heterocycles. The highest BCUT2D eigenvalue weighted by molar-refractivity contribution is 7.89. The Hall–Kier alpha value is -3.72. The van der Waals surface area contributed by atoms with Gasteiger partial charge in [-0.1, -0.05) is 87.0 Å². The molecule has 4 aromatic rings. The number of nitrogens with one attached hydrogen (secondary N) is 2. The van der Waals surface area contributed by atoms with Crippen LogP contribution in [0, 0.1) is 0 Å². The number of carbonyl (C=O) groups excluding carboxylic acids is 1. The summed E-state index contributed by atoms with van der Waals surface area (Å²) in [6, 6.07) is 26.0. The Morgan fingerprint density at radius 2 is 1.67 bits per heavy atom. The summed E-state index contributed by atoms with van der Waals surface area (Å²) < 4.78 is 36.4. The lowest BCUT2D eigenvalue weighted by Gasteiger charge is -2.29. The summed E-state index contributed by atoms with van der Waals surface area (Å²) in [6.07, 6.45) is 4.42. The van der Waals surface area contributed by atoms with E-state index in [0.29, 0.717) is 13.0 Å². The van der Waals surface area contributed by atoms with Crippen LogP contribution < -0.4 is 14.8 Å². The van der Waals surface area contributed by atoms with Crippen LogP contribution in [0.25, 0.3) is 10.8 Å². The minimum absolute atomic E-state index is 0.0336. The molecule has 7 nitrogen and oxygen atoms in total. The van der Waals surface area contributed by atoms with Crippen molar-refractivity contribution in [3.05, 3.63) is 107 Å². The lowest BCUT2D eigenvalue weighted by Crippen LogP contribution is -2.36. The fourth-order valence-electron chi connectivity index (χ4n) is 6.45. The number of likely N-dealkylation sites (tertiary alicyclic amines) is 1. The molecule has 4 aromatic carbocycles. The molecule has 2 heterocycles. The number of hydrogen-bond donors (Lipinski definition) is 2. The number of carbonyl (C=O) groups is 1. The summed E-state index contributed by atoms with van der Waals surface area (Å²) in [4.78, 5) is 16.3. The molecule has 236 valence electrons. The Morgan fingerprint density at radius 1 is 0.889 bits per heavy atom. The smallest absolute Gasteiger partial charge is 0.241 e. The van der Waals surface area contributed by atoms with E-state index in [-0.39, 0.29) is 29.2 Å². The van der Waals surface area contributed by atoms with Crippen LogP contribution in [0.4, 0.5) is 0 Å². The maximum Gasteiger partial charge on any atom is 0.241 e. The van der Waals surface area contributed by atoms with E-state index in [1.807, 2.05) is 54.6 Å². The summed E-state index contributed by atoms with van der Waals surface area (Å²) in [6.45, 7) is 7.87. The van der Waals surface area contributed by atoms with Crippen molar-refractivity contribution in [3.63, 3.8) is 0 Å². The molecule has 0 bridgehead atoms. The molecule has 1 amide bonds. The fourth-order valence-corrected chi connectivity index (χ4v) is 7.71. The van der Waals surface area contributed by atoms with Crippen LogP contribution in [0.15, 0.2) is 89.8 Å². The Labute approximate surface area is 267 Å². The van der Waals surface area contributed by atoms with Gasteiger partial charge in [0, 0.05) is 24.9 Å². The summed E-state index contributed by atoms with van der Waals surface area (Å²) in [7, 11) is -3.93. The first-order valence-electron chi connectivity index (χ1n) is 16.1. The van der Waals surface area contributed by atoms with Gasteiger partial charge < -0.3 is 10.1 Å². The molecule has 1 saturated heterocycles. The molecule has 1 fully saturated rings. The molecule has 2 N–H and O–H groups in total. The number of fused-ring (bicyclic) bond motifs is 2. The molecule has 2 atom stereocenters. The summed E-state index contributed by atoms with van der Waals surface area (Å²) in [5, 5.41) is 5.01. The van der Waals surface area contributed by atoms with Crippen molar-refractivity contribution in [2.24, 2.45) is 0 Å². The SMILES string of the molecule is CC(C)c1cccc(C(CC(=O)NC2CCOc3cc(CN4CCCCC4)ccc32)NS(=O)(=O)c2ccc3ccccc3c2)c1. The quantitative estimate of drug-likeness (QED) is 0.198. The van der Waals surface area contributed by atoms with Crippen LogP contribution in [-0.4, -0.2) is 38.9 Å². The van der Waals surface area contributed by atoms with Crippen molar-refractivity contribution in [2.45, 2.75) is 75.4 Å². The van der Waals surface area contributed by atoms with Crippen LogP contribution in [0.5, 0.6) is 5.75 Å². The van der Waals surface area contributed by atoms with E-state index in [2.05, 4.69) is 47.0 Å². The first-order chi connectivity index (χ1) is 21.7. The molecule has 6 rings (SSSR count). The average Bonchev–Trinajstić information content (AvgIpc) is 3.04. The Kier molecular flexibility index (Phi) is 9.54. The molecule has 0 radical (unpaired) electrons. The average molecular weight is 626 g/mol. The highest BCUT2D eigenvalue weighted by Crippen LogP contribution is 2.34. The van der Waals surface area contributed by atoms with Gasteiger partial charge in [-0.05, 0) is 77.5 Å². The Bertz CT molecular complexity index is 1760. The van der Waals surface area contributed by atoms with E-state index in [1.165, 1.54) is 24.8 Å². The van der Waals surface area contributed by atoms with E-state index in [0.717, 1.165) is 52.8 Å². The predicted octanol–water partition coefficient (Wildman–Crippen LogP) is 7.00. The standard InChI is InChI=1S/C37H43N3O4S/c1-26(2)29-11-8-12-31(22-29)35(39-45(42,43)32-15-14-28-9-4-5-10-30(28)23-32)24-37(41)38-34-17-20-44-36-21-27(13-16-33(34)36)25-40-18-6-3-7-19-40/h4-5,8-16,21-23,26,34-35,39H,3,6-7,17-20,24-25H2,1-2H3,(H,38,41). The molecule has 0 saturated carbocycles. The summed E-state index contributed by atoms with van der Waals surface area (Å²) in [5.41, 5.74) is 4.03. The topological polar surface area (TPSA) is 87.7 Å². The fraction of sp³-hybridized carbons (Fsp3) is 0.378. The highest BCUT2D eigenvalue weighted by Gasteiger charge is 2.28. The second kappa shape index (κ2) is 13.7. The predicted molar refractivity (Wildman–Crippen MR) is 179 cm³/mol. The number of ether oxygens (including phenoxy) is 1. The molecule has 2 aliphatic rings. The van der Waals surface area contributed by atoms with Gasteiger partial charge in [0.15, 0.2) is 0 Å². The zero-order valence-corrected chi connectivity index (χ0v) is 27.0. The summed E-state index contributed by atoms with van der Waals surface area (Å²) in [5.74, 6) is 0.862. The largest absolute Gasteiger partial charge is 0.493 e. The zero-order valence-electron chi connectivity index (χ0n) is 26.2. The van der Waals surface area contributed by atoms with Crippen LogP contribution >= 0.6 is 0 Å². The van der Waals surface area contributed by atoms with Crippen LogP contribution in [0.1, 0.15) is 86.2 Å². The molecule has 45 heavy (non-hydrogen) atoms. The zero-order chi connectivity index (χ0) is 31.4. The number of sulfonamides is 1. The first-order valence-corrected chi connectivity index (χ1v) is 17.6. The van der Waals surface area contributed by atoms with E-state index in [4.69, 9.17) is 4.74 Å². The van der Waals surface area contributed by atoms with E-state index < -0.39 is 16.1 Å². The maximum absolute atomic E-state index is 13.7. The molecule has 0 spiro atoms. The monoisotopic (exact) mass is 625 g/mol. The van der Waals surface area contributed by atoms with Gasteiger partial charge in [-0.3, -0.25) is 9.69 Å². The van der Waals surface area contributed by atoms with Crippen molar-refractivity contribution >= 4 is 26.7 Å². The first kappa shape index (κ1) is 31.3. The maximum atomic E-state index is 13.7. The molecule has 8 heteroatoms. The third-order valence-electron chi connectivity index (χ3n) is 9.01. The van der Waals surface area contributed by atoms with E-state index in [1.54, 1.807) is 12.1 Å². The molecule has 2 unspecified atom stereocenters. The minimum Gasteiger partial charge on any atom is -0.493 e. The number of nitrogens with zero attached hydrogens (tertiary/aromatic N) is 1. The highest BCUT2D eigenvalue weighted by atomic mass is 32.2. The van der Waals surface area contributed by atoms with Crippen molar-refractivity contribution in [3.8, 4) is 5.75 Å². The van der Waals surface area contributed by atoms with Gasteiger partial charge in [0.05, 0.1) is 23.6 Å². The van der Waals surface area contributed by atoms with Crippen molar-refractivity contribution in [2.75, 3.05) is 19.7 Å². The third kappa shape index (κ3) is 7.57. The molecule has 2 aliphatic heterocycles. The number of amides is 1. The van der Waals surface area contributed by atoms with Crippen LogP contribution in [0.2, 0.25) is 0 Å². The molecular weight excluding hydrogens is 582 g/mol. The van der Waals surface area contributed by atoms with Gasteiger partial charge in [0.1, 0.15) is 5.75 Å². The van der Waals surface area contributed by atoms with E-state index >= 15 is 0 Å². The minimum atomic E-state index is -3.93. The lowest BCUT2D eigenvalue weighted by molar-refractivity contribution is -0.122. The van der Waals surface area contributed by atoms with E-state index in [9.17, 15) is 13.2 Å². The van der Waals surface area contributed by atoms with Gasteiger partial charge >= 0.3 is 0 Å².